The van der Waals surface area contributed by atoms with E-state index in [2.05, 4.69) is 98.9 Å². The highest BCUT2D eigenvalue weighted by molar-refractivity contribution is 6.35. The lowest BCUT2D eigenvalue weighted by atomic mass is 9.88. The van der Waals surface area contributed by atoms with E-state index in [1.165, 1.54) is 78.4 Å². The molecule has 0 heterocycles. The molecule has 0 N–H and O–H groups in total. The van der Waals surface area contributed by atoms with E-state index in [1.807, 2.05) is 6.07 Å². The van der Waals surface area contributed by atoms with Crippen LogP contribution in [0.25, 0.3) is 11.1 Å². The molecule has 1 nitrogen and oxygen atoms in total. The Labute approximate surface area is 282 Å². The number of rotatable bonds is 7. The normalized spacial score (nSPS) is 21.2. The predicted molar refractivity (Wildman–Crippen MR) is 197 cm³/mol. The molecule has 2 aromatic rings. The van der Waals surface area contributed by atoms with Crippen LogP contribution in [0.15, 0.2) is 113 Å². The summed E-state index contributed by atoms with van der Waals surface area (Å²) in [4.78, 5) is 13.7. The predicted octanol–water partition coefficient (Wildman–Crippen LogP) is 12.7. The molecule has 0 aliphatic heterocycles. The van der Waals surface area contributed by atoms with Gasteiger partial charge in [0.05, 0.1) is 0 Å². The quantitative estimate of drug-likeness (QED) is 0.220. The Bertz CT molecular complexity index is 1640. The highest BCUT2D eigenvalue weighted by Crippen LogP contribution is 2.39. The summed E-state index contributed by atoms with van der Waals surface area (Å²) in [6.07, 6.45) is 32.7. The van der Waals surface area contributed by atoms with E-state index in [0.29, 0.717) is 11.4 Å². The number of fused-ring (bicyclic) bond motifs is 1. The Balaban J connectivity index is 1.15. The summed E-state index contributed by atoms with van der Waals surface area (Å²) in [5.41, 5.74) is 12.2. The van der Waals surface area contributed by atoms with Crippen LogP contribution >= 0.6 is 11.6 Å². The first-order chi connectivity index (χ1) is 22.5. The van der Waals surface area contributed by atoms with Crippen LogP contribution in [-0.4, -0.2) is 5.78 Å². The van der Waals surface area contributed by atoms with E-state index in [0.717, 1.165) is 54.7 Å². The number of ketones is 1. The molecule has 1 atom stereocenters. The third-order valence-corrected chi connectivity index (χ3v) is 10.8. The van der Waals surface area contributed by atoms with E-state index >= 15 is 0 Å². The van der Waals surface area contributed by atoms with Gasteiger partial charge in [-0.1, -0.05) is 128 Å². The van der Waals surface area contributed by atoms with Gasteiger partial charge in [-0.2, -0.15) is 0 Å². The standard InChI is InChI=1S/C44H49ClO/c1-31-12-6-5-9-19-39(31)38-25-27-43(45)41(29-38)42-30-37-18-11-15-33(22-26-40(37)32(2)28-44(42)46)13-10-14-34-20-23-36(24-21-34)35-16-7-3-4-8-17-35/h5-6,9,15,18-21,23-27,29-30,32,35H,3-4,7-8,10-14,16-17,22,28H2,1-2H3. The maximum Gasteiger partial charge on any atom is 0.164 e. The Kier molecular flexibility index (Phi) is 10.9. The van der Waals surface area contributed by atoms with Crippen LogP contribution in [-0.2, 0) is 11.2 Å². The van der Waals surface area contributed by atoms with Crippen LogP contribution in [0.4, 0.5) is 0 Å². The number of carbonyl (C=O) groups is 1. The number of hydrogen-bond donors (Lipinski definition) is 0. The molecule has 4 aliphatic rings. The summed E-state index contributed by atoms with van der Waals surface area (Å²) in [5, 5.41) is 0.630. The molecule has 0 spiro atoms. The lowest BCUT2D eigenvalue weighted by Crippen LogP contribution is -2.07. The molecule has 1 unspecified atom stereocenters. The van der Waals surface area contributed by atoms with Crippen LogP contribution in [0, 0.1) is 5.92 Å². The zero-order chi connectivity index (χ0) is 31.9. The van der Waals surface area contributed by atoms with Crippen molar-refractivity contribution in [2.45, 2.75) is 103 Å². The highest BCUT2D eigenvalue weighted by Gasteiger charge is 2.26. The summed E-state index contributed by atoms with van der Waals surface area (Å²) in [6.45, 7) is 4.38. The van der Waals surface area contributed by atoms with Crippen molar-refractivity contribution in [3.63, 3.8) is 0 Å². The van der Waals surface area contributed by atoms with Gasteiger partial charge in [-0.25, -0.2) is 0 Å². The second-order valence-electron chi connectivity index (χ2n) is 13.9. The number of aryl methyl sites for hydroxylation is 1. The lowest BCUT2D eigenvalue weighted by Gasteiger charge is -2.17. The van der Waals surface area contributed by atoms with Crippen LogP contribution < -0.4 is 0 Å². The van der Waals surface area contributed by atoms with E-state index < -0.39 is 0 Å². The molecule has 238 valence electrons. The molecule has 0 amide bonds. The van der Waals surface area contributed by atoms with Gasteiger partial charge in [-0.3, -0.25) is 4.79 Å². The van der Waals surface area contributed by atoms with Crippen LogP contribution in [0.3, 0.4) is 0 Å². The Morgan fingerprint density at radius 2 is 1.67 bits per heavy atom. The molecule has 0 radical (unpaired) electrons. The average Bonchev–Trinajstić information content (AvgIpc) is 3.49. The maximum absolute atomic E-state index is 13.7. The number of allylic oxidation sites excluding steroid dienone is 14. The first-order valence-electron chi connectivity index (χ1n) is 17.7. The number of Topliss-reactive ketones (excluding diaryl/α,β-unsaturated/α-hetero) is 1. The zero-order valence-corrected chi connectivity index (χ0v) is 28.5. The number of benzene rings is 2. The minimum absolute atomic E-state index is 0.168. The SMILES string of the molecule is CC1=C(c2ccc(Cl)c(C3=CC4=CCC=C(CCCc5ccc(C6CCCCCC6)cc5)CC=C4C(C)CC3=O)c2)C=CC=CC1. The molecule has 6 rings (SSSR count). The van der Waals surface area contributed by atoms with Gasteiger partial charge >= 0.3 is 0 Å². The first-order valence-corrected chi connectivity index (χ1v) is 18.1. The fraction of sp³-hybridized carbons (Fsp3) is 0.386. The summed E-state index contributed by atoms with van der Waals surface area (Å²) in [5.74, 6) is 1.10. The molecule has 4 aliphatic carbocycles. The summed E-state index contributed by atoms with van der Waals surface area (Å²) >= 11 is 6.80. The minimum atomic E-state index is 0.168. The van der Waals surface area contributed by atoms with Crippen LogP contribution in [0.5, 0.6) is 0 Å². The van der Waals surface area contributed by atoms with Crippen molar-refractivity contribution >= 4 is 28.5 Å². The van der Waals surface area contributed by atoms with E-state index in [9.17, 15) is 4.79 Å². The van der Waals surface area contributed by atoms with Gasteiger partial charge in [0, 0.05) is 22.6 Å². The molecule has 46 heavy (non-hydrogen) atoms. The first kappa shape index (κ1) is 32.5. The second-order valence-corrected chi connectivity index (χ2v) is 14.3. The average molecular weight is 629 g/mol. The van der Waals surface area contributed by atoms with Crippen LogP contribution in [0.2, 0.25) is 5.02 Å². The van der Waals surface area contributed by atoms with Gasteiger partial charge in [0.25, 0.3) is 0 Å². The highest BCUT2D eigenvalue weighted by atomic mass is 35.5. The van der Waals surface area contributed by atoms with Crippen molar-refractivity contribution in [3.05, 3.63) is 141 Å². The van der Waals surface area contributed by atoms with Gasteiger partial charge in [0.1, 0.15) is 0 Å². The molecule has 0 saturated heterocycles. The van der Waals surface area contributed by atoms with E-state index in [1.54, 1.807) is 5.56 Å². The Morgan fingerprint density at radius 3 is 2.48 bits per heavy atom. The van der Waals surface area contributed by atoms with E-state index in [-0.39, 0.29) is 11.7 Å². The van der Waals surface area contributed by atoms with Crippen molar-refractivity contribution in [3.8, 4) is 0 Å². The Morgan fingerprint density at radius 1 is 0.870 bits per heavy atom. The number of hydrogen-bond acceptors (Lipinski definition) is 1. The van der Waals surface area contributed by atoms with Gasteiger partial charge in [0.2, 0.25) is 0 Å². The van der Waals surface area contributed by atoms with Crippen molar-refractivity contribution in [1.82, 2.24) is 0 Å². The Hall–Kier alpha value is -3.42. The summed E-state index contributed by atoms with van der Waals surface area (Å²) < 4.78 is 0. The van der Waals surface area contributed by atoms with Crippen molar-refractivity contribution < 1.29 is 4.79 Å². The van der Waals surface area contributed by atoms with Gasteiger partial charge in [-0.15, -0.1) is 0 Å². The fourth-order valence-electron chi connectivity index (χ4n) is 7.76. The number of carbonyl (C=O) groups excluding carboxylic acids is 1. The molecular weight excluding hydrogens is 580 g/mol. The van der Waals surface area contributed by atoms with Crippen LogP contribution in [0.1, 0.15) is 119 Å². The van der Waals surface area contributed by atoms with Crippen molar-refractivity contribution in [2.75, 3.05) is 0 Å². The largest absolute Gasteiger partial charge is 0.294 e. The van der Waals surface area contributed by atoms with Crippen molar-refractivity contribution in [1.29, 1.82) is 0 Å². The molecular formula is C44H49ClO. The second kappa shape index (κ2) is 15.4. The molecule has 2 aromatic carbocycles. The van der Waals surface area contributed by atoms with Gasteiger partial charge in [0.15, 0.2) is 5.78 Å². The van der Waals surface area contributed by atoms with Crippen molar-refractivity contribution in [2.24, 2.45) is 5.92 Å². The summed E-state index contributed by atoms with van der Waals surface area (Å²) in [6, 6.07) is 15.7. The van der Waals surface area contributed by atoms with Gasteiger partial charge < -0.3 is 0 Å². The molecule has 0 bridgehead atoms. The molecule has 1 fully saturated rings. The van der Waals surface area contributed by atoms with E-state index in [4.69, 9.17) is 11.6 Å². The third-order valence-electron chi connectivity index (χ3n) is 10.5. The summed E-state index contributed by atoms with van der Waals surface area (Å²) in [7, 11) is 0. The minimum Gasteiger partial charge on any atom is -0.294 e. The molecule has 2 heteroatoms. The lowest BCUT2D eigenvalue weighted by molar-refractivity contribution is -0.114. The molecule has 0 aromatic heterocycles. The fourth-order valence-corrected chi connectivity index (χ4v) is 7.98. The topological polar surface area (TPSA) is 17.1 Å². The molecule has 1 saturated carbocycles. The maximum atomic E-state index is 13.7. The number of halogens is 1. The zero-order valence-electron chi connectivity index (χ0n) is 27.8. The third kappa shape index (κ3) is 7.92. The smallest absolute Gasteiger partial charge is 0.164 e. The van der Waals surface area contributed by atoms with Gasteiger partial charge in [-0.05, 0) is 122 Å². The monoisotopic (exact) mass is 628 g/mol.